The summed E-state index contributed by atoms with van der Waals surface area (Å²) in [4.78, 5) is 26.9. The summed E-state index contributed by atoms with van der Waals surface area (Å²) in [6.45, 7) is 1.39. The molecule has 2 rings (SSSR count). The van der Waals surface area contributed by atoms with Crippen molar-refractivity contribution in [3.8, 4) is 0 Å². The highest BCUT2D eigenvalue weighted by Crippen LogP contribution is 2.30. The minimum Gasteiger partial charge on any atom is -0.315 e. The van der Waals surface area contributed by atoms with Gasteiger partial charge in [-0.3, -0.25) is 9.59 Å². The SMILES string of the molecule is CC(=O)N(CCC(=O)N(C)c1ccccc1)c1ccc(C(F)(F)F)cc1. The zero-order valence-electron chi connectivity index (χ0n) is 14.5. The van der Waals surface area contributed by atoms with Gasteiger partial charge in [-0.25, -0.2) is 0 Å². The Hall–Kier alpha value is -2.83. The van der Waals surface area contributed by atoms with E-state index in [0.29, 0.717) is 5.69 Å². The van der Waals surface area contributed by atoms with Gasteiger partial charge in [-0.1, -0.05) is 18.2 Å². The van der Waals surface area contributed by atoms with Gasteiger partial charge in [-0.15, -0.1) is 0 Å². The molecule has 0 aliphatic rings. The van der Waals surface area contributed by atoms with Gasteiger partial charge in [0.15, 0.2) is 0 Å². The lowest BCUT2D eigenvalue weighted by atomic mass is 10.2. The third kappa shape index (κ3) is 4.84. The Morgan fingerprint density at radius 1 is 0.923 bits per heavy atom. The predicted octanol–water partition coefficient (Wildman–Crippen LogP) is 4.11. The molecule has 0 aliphatic heterocycles. The van der Waals surface area contributed by atoms with Gasteiger partial charge in [0.25, 0.3) is 0 Å². The van der Waals surface area contributed by atoms with E-state index in [0.717, 1.165) is 17.8 Å². The van der Waals surface area contributed by atoms with Crippen LogP contribution in [0.3, 0.4) is 0 Å². The number of benzene rings is 2. The van der Waals surface area contributed by atoms with Gasteiger partial charge in [-0.05, 0) is 36.4 Å². The Labute approximate surface area is 149 Å². The lowest BCUT2D eigenvalue weighted by Gasteiger charge is -2.23. The smallest absolute Gasteiger partial charge is 0.315 e. The monoisotopic (exact) mass is 364 g/mol. The van der Waals surface area contributed by atoms with Crippen molar-refractivity contribution in [2.45, 2.75) is 19.5 Å². The molecule has 0 aliphatic carbocycles. The van der Waals surface area contributed by atoms with Gasteiger partial charge in [-0.2, -0.15) is 13.2 Å². The number of alkyl halides is 3. The van der Waals surface area contributed by atoms with E-state index in [-0.39, 0.29) is 24.8 Å². The summed E-state index contributed by atoms with van der Waals surface area (Å²) in [5.74, 6) is -0.547. The number of rotatable bonds is 5. The maximum Gasteiger partial charge on any atom is 0.416 e. The van der Waals surface area contributed by atoms with Crippen LogP contribution in [-0.4, -0.2) is 25.4 Å². The third-order valence-corrected chi connectivity index (χ3v) is 3.95. The highest BCUT2D eigenvalue weighted by Gasteiger charge is 2.30. The fourth-order valence-electron chi connectivity index (χ4n) is 2.47. The van der Waals surface area contributed by atoms with Gasteiger partial charge in [0.1, 0.15) is 0 Å². The summed E-state index contributed by atoms with van der Waals surface area (Å²) in [5, 5.41) is 0. The van der Waals surface area contributed by atoms with Crippen molar-refractivity contribution in [2.24, 2.45) is 0 Å². The summed E-state index contributed by atoms with van der Waals surface area (Å²) < 4.78 is 38.0. The fourth-order valence-corrected chi connectivity index (χ4v) is 2.47. The normalized spacial score (nSPS) is 11.1. The second-order valence-electron chi connectivity index (χ2n) is 5.75. The number of carbonyl (C=O) groups excluding carboxylic acids is 2. The van der Waals surface area contributed by atoms with Crippen LogP contribution in [0.25, 0.3) is 0 Å². The molecule has 2 amide bonds. The van der Waals surface area contributed by atoms with Gasteiger partial charge < -0.3 is 9.80 Å². The van der Waals surface area contributed by atoms with Crippen LogP contribution in [0.1, 0.15) is 18.9 Å². The number of nitrogens with zero attached hydrogens (tertiary/aromatic N) is 2. The van der Waals surface area contributed by atoms with Crippen LogP contribution in [0.2, 0.25) is 0 Å². The molecule has 138 valence electrons. The van der Waals surface area contributed by atoms with E-state index < -0.39 is 11.7 Å². The standard InChI is InChI=1S/C19H19F3N2O2/c1-14(25)24(17-10-8-15(9-11-17)19(20,21)22)13-12-18(26)23(2)16-6-4-3-5-7-16/h3-11H,12-13H2,1-2H3. The van der Waals surface area contributed by atoms with Crippen LogP contribution in [-0.2, 0) is 15.8 Å². The molecule has 0 fully saturated rings. The van der Waals surface area contributed by atoms with E-state index in [1.807, 2.05) is 18.2 Å². The van der Waals surface area contributed by atoms with Crippen molar-refractivity contribution in [1.29, 1.82) is 0 Å². The molecule has 0 saturated carbocycles. The molecule has 0 heterocycles. The highest BCUT2D eigenvalue weighted by molar-refractivity contribution is 5.95. The van der Waals surface area contributed by atoms with E-state index >= 15 is 0 Å². The van der Waals surface area contributed by atoms with E-state index in [2.05, 4.69) is 0 Å². The molecule has 2 aromatic rings. The molecule has 0 aromatic heterocycles. The first-order valence-corrected chi connectivity index (χ1v) is 7.97. The van der Waals surface area contributed by atoms with Crippen molar-refractivity contribution < 1.29 is 22.8 Å². The minimum atomic E-state index is -4.44. The molecule has 0 atom stereocenters. The average molecular weight is 364 g/mol. The molecular weight excluding hydrogens is 345 g/mol. The molecule has 0 saturated heterocycles. The first-order valence-electron chi connectivity index (χ1n) is 7.97. The van der Waals surface area contributed by atoms with Gasteiger partial charge >= 0.3 is 6.18 Å². The van der Waals surface area contributed by atoms with Crippen molar-refractivity contribution in [2.75, 3.05) is 23.4 Å². The number of anilines is 2. The molecule has 7 heteroatoms. The molecule has 0 spiro atoms. The quantitative estimate of drug-likeness (QED) is 0.801. The summed E-state index contributed by atoms with van der Waals surface area (Å²) in [6, 6.07) is 13.3. The molecule has 0 unspecified atom stereocenters. The Bertz CT molecular complexity index is 759. The van der Waals surface area contributed by atoms with Gasteiger partial charge in [0, 0.05) is 38.3 Å². The van der Waals surface area contributed by atoms with Crippen LogP contribution in [0.15, 0.2) is 54.6 Å². The van der Waals surface area contributed by atoms with E-state index in [1.165, 1.54) is 28.9 Å². The minimum absolute atomic E-state index is 0.0476. The van der Waals surface area contributed by atoms with Crippen molar-refractivity contribution >= 4 is 23.2 Å². The zero-order chi connectivity index (χ0) is 19.3. The predicted molar refractivity (Wildman–Crippen MR) is 93.9 cm³/mol. The van der Waals surface area contributed by atoms with E-state index in [9.17, 15) is 22.8 Å². The van der Waals surface area contributed by atoms with Gasteiger partial charge in [0.05, 0.1) is 5.56 Å². The second kappa shape index (κ2) is 8.03. The molecule has 4 nitrogen and oxygen atoms in total. The Morgan fingerprint density at radius 2 is 1.50 bits per heavy atom. The lowest BCUT2D eigenvalue weighted by Crippen LogP contribution is -2.34. The Kier molecular flexibility index (Phi) is 6.02. The average Bonchev–Trinajstić information content (AvgIpc) is 2.61. The first-order chi connectivity index (χ1) is 12.2. The maximum absolute atomic E-state index is 12.7. The largest absolute Gasteiger partial charge is 0.416 e. The number of carbonyl (C=O) groups is 2. The number of para-hydroxylation sites is 1. The topological polar surface area (TPSA) is 40.6 Å². The molecule has 0 bridgehead atoms. The van der Waals surface area contributed by atoms with E-state index in [4.69, 9.17) is 0 Å². The van der Waals surface area contributed by atoms with Crippen molar-refractivity contribution in [3.63, 3.8) is 0 Å². The summed E-state index contributed by atoms with van der Waals surface area (Å²) in [6.07, 6.45) is -4.39. The number of hydrogen-bond donors (Lipinski definition) is 0. The summed E-state index contributed by atoms with van der Waals surface area (Å²) >= 11 is 0. The van der Waals surface area contributed by atoms with E-state index in [1.54, 1.807) is 19.2 Å². The Morgan fingerprint density at radius 3 is 2.00 bits per heavy atom. The maximum atomic E-state index is 12.7. The van der Waals surface area contributed by atoms with Crippen LogP contribution in [0, 0.1) is 0 Å². The molecule has 0 radical (unpaired) electrons. The van der Waals surface area contributed by atoms with Crippen LogP contribution in [0.4, 0.5) is 24.5 Å². The fraction of sp³-hybridized carbons (Fsp3) is 0.263. The summed E-state index contributed by atoms with van der Waals surface area (Å²) in [5.41, 5.74) is 0.256. The number of amides is 2. The van der Waals surface area contributed by atoms with Gasteiger partial charge in [0.2, 0.25) is 11.8 Å². The number of hydrogen-bond acceptors (Lipinski definition) is 2. The van der Waals surface area contributed by atoms with Crippen LogP contribution < -0.4 is 9.80 Å². The Balaban J connectivity index is 2.07. The highest BCUT2D eigenvalue weighted by atomic mass is 19.4. The lowest BCUT2D eigenvalue weighted by molar-refractivity contribution is -0.137. The number of halogens is 3. The van der Waals surface area contributed by atoms with Crippen molar-refractivity contribution in [1.82, 2.24) is 0 Å². The first kappa shape index (κ1) is 19.5. The van der Waals surface area contributed by atoms with Crippen LogP contribution >= 0.6 is 0 Å². The molecule has 0 N–H and O–H groups in total. The molecule has 26 heavy (non-hydrogen) atoms. The molecule has 2 aromatic carbocycles. The molecular formula is C19H19F3N2O2. The summed E-state index contributed by atoms with van der Waals surface area (Å²) in [7, 11) is 1.63. The third-order valence-electron chi connectivity index (χ3n) is 3.95. The zero-order valence-corrected chi connectivity index (χ0v) is 14.5. The second-order valence-corrected chi connectivity index (χ2v) is 5.75. The van der Waals surface area contributed by atoms with Crippen LogP contribution in [0.5, 0.6) is 0 Å². The van der Waals surface area contributed by atoms with Crippen molar-refractivity contribution in [3.05, 3.63) is 60.2 Å².